The van der Waals surface area contributed by atoms with E-state index in [1.165, 1.54) is 0 Å². The summed E-state index contributed by atoms with van der Waals surface area (Å²) < 4.78 is -1.71. The van der Waals surface area contributed by atoms with Crippen LogP contribution in [0.2, 0.25) is 0 Å². The molecule has 1 aliphatic rings. The maximum atomic E-state index is 5.35. The third-order valence-corrected chi connectivity index (χ3v) is 1.07. The second-order valence-electron chi connectivity index (χ2n) is 1.25. The SMILES string of the molecule is ClC(Cl)(Cl)N1N=NN=NN1. The molecule has 0 unspecified atom stereocenters. The lowest BCUT2D eigenvalue weighted by atomic mass is 11.3. The number of rotatable bonds is 0. The Morgan fingerprint density at radius 2 is 1.90 bits per heavy atom. The van der Waals surface area contributed by atoms with E-state index in [2.05, 4.69) is 26.4 Å². The average Bonchev–Trinajstić information content (AvgIpc) is 1.88. The summed E-state index contributed by atoms with van der Waals surface area (Å²) in [5, 5.41) is 13.5. The van der Waals surface area contributed by atoms with Crippen molar-refractivity contribution < 1.29 is 0 Å². The molecule has 0 aromatic carbocycles. The van der Waals surface area contributed by atoms with Gasteiger partial charge in [0, 0.05) is 0 Å². The van der Waals surface area contributed by atoms with E-state index in [9.17, 15) is 0 Å². The fraction of sp³-hybridized carbons (Fsp3) is 1.00. The van der Waals surface area contributed by atoms with Crippen LogP contribution >= 0.6 is 34.8 Å². The van der Waals surface area contributed by atoms with Gasteiger partial charge < -0.3 is 0 Å². The first-order valence-electron chi connectivity index (χ1n) is 2.04. The van der Waals surface area contributed by atoms with Crippen LogP contribution < -0.4 is 5.53 Å². The van der Waals surface area contributed by atoms with Gasteiger partial charge in [-0.1, -0.05) is 34.8 Å². The Morgan fingerprint density at radius 1 is 1.20 bits per heavy atom. The van der Waals surface area contributed by atoms with Gasteiger partial charge in [-0.3, -0.25) is 0 Å². The van der Waals surface area contributed by atoms with Gasteiger partial charge in [-0.15, -0.1) is 5.12 Å². The van der Waals surface area contributed by atoms with E-state index in [-0.39, 0.29) is 0 Å². The maximum Gasteiger partial charge on any atom is 0.305 e. The normalized spacial score (nSPS) is 17.3. The van der Waals surface area contributed by atoms with Crippen LogP contribution in [0.4, 0.5) is 0 Å². The van der Waals surface area contributed by atoms with Gasteiger partial charge >= 0.3 is 3.92 Å². The van der Waals surface area contributed by atoms with Gasteiger partial charge in [-0.25, -0.2) is 0 Å². The lowest BCUT2D eigenvalue weighted by Gasteiger charge is -2.22. The average molecular weight is 203 g/mol. The highest BCUT2D eigenvalue weighted by Gasteiger charge is 2.30. The zero-order valence-electron chi connectivity index (χ0n) is 4.37. The van der Waals surface area contributed by atoms with Gasteiger partial charge in [0.1, 0.15) is 0 Å². The van der Waals surface area contributed by atoms with E-state index in [1.807, 2.05) is 0 Å². The molecule has 1 rings (SSSR count). The minimum Gasteiger partial charge on any atom is -0.176 e. The first kappa shape index (κ1) is 7.77. The van der Waals surface area contributed by atoms with E-state index < -0.39 is 3.92 Å². The Hall–Kier alpha value is -0.330. The van der Waals surface area contributed by atoms with Crippen LogP contribution in [0, 0.1) is 0 Å². The summed E-state index contributed by atoms with van der Waals surface area (Å²) in [5.74, 6) is 0. The molecule has 56 valence electrons. The molecule has 1 aliphatic heterocycles. The zero-order chi connectivity index (χ0) is 7.61. The van der Waals surface area contributed by atoms with Crippen molar-refractivity contribution in [2.45, 2.75) is 3.92 Å². The highest BCUT2D eigenvalue weighted by Crippen LogP contribution is 2.30. The first-order valence-corrected chi connectivity index (χ1v) is 3.17. The molecule has 0 amide bonds. The number of hydrazine groups is 1. The van der Waals surface area contributed by atoms with E-state index in [0.29, 0.717) is 0 Å². The lowest BCUT2D eigenvalue weighted by molar-refractivity contribution is 0.154. The second kappa shape index (κ2) is 2.73. The molecule has 10 heavy (non-hydrogen) atoms. The smallest absolute Gasteiger partial charge is 0.176 e. The number of alkyl halides is 3. The molecule has 0 saturated heterocycles. The molecule has 0 aromatic rings. The molecule has 0 aliphatic carbocycles. The predicted octanol–water partition coefficient (Wildman–Crippen LogP) is 1.78. The highest BCUT2D eigenvalue weighted by atomic mass is 35.6. The largest absolute Gasteiger partial charge is 0.305 e. The fourth-order valence-electron chi connectivity index (χ4n) is 0.268. The summed E-state index contributed by atoms with van der Waals surface area (Å²) in [6, 6.07) is 0. The summed E-state index contributed by atoms with van der Waals surface area (Å²) in [7, 11) is 0. The third kappa shape index (κ3) is 1.83. The Morgan fingerprint density at radius 3 is 2.20 bits per heavy atom. The number of halogens is 3. The van der Waals surface area contributed by atoms with Crippen LogP contribution in [0.15, 0.2) is 20.9 Å². The highest BCUT2D eigenvalue weighted by molar-refractivity contribution is 6.67. The molecule has 0 atom stereocenters. The van der Waals surface area contributed by atoms with E-state index >= 15 is 0 Å². The van der Waals surface area contributed by atoms with Gasteiger partial charge in [-0.05, 0) is 20.9 Å². The summed E-state index contributed by atoms with van der Waals surface area (Å²) in [5.41, 5.74) is 2.19. The molecule has 9 heteroatoms. The molecule has 0 radical (unpaired) electrons. The van der Waals surface area contributed by atoms with Crippen molar-refractivity contribution in [3.8, 4) is 0 Å². The van der Waals surface area contributed by atoms with Gasteiger partial charge in [0.25, 0.3) is 0 Å². The molecular weight excluding hydrogens is 202 g/mol. The van der Waals surface area contributed by atoms with Crippen molar-refractivity contribution in [2.24, 2.45) is 20.9 Å². The van der Waals surface area contributed by atoms with Crippen LogP contribution in [0.1, 0.15) is 0 Å². The molecule has 0 saturated carbocycles. The van der Waals surface area contributed by atoms with Gasteiger partial charge in [0.05, 0.1) is 0 Å². The van der Waals surface area contributed by atoms with E-state index in [0.717, 1.165) is 5.12 Å². The molecular formula is CHCl3N6. The Kier molecular flexibility index (Phi) is 2.12. The molecule has 0 bridgehead atoms. The quantitative estimate of drug-likeness (QED) is 0.482. The number of hydrogen-bond acceptors (Lipinski definition) is 6. The van der Waals surface area contributed by atoms with Gasteiger partial charge in [-0.2, -0.15) is 5.53 Å². The lowest BCUT2D eigenvalue weighted by Crippen LogP contribution is -2.39. The van der Waals surface area contributed by atoms with Crippen LogP contribution in [0.3, 0.4) is 0 Å². The van der Waals surface area contributed by atoms with Crippen molar-refractivity contribution in [1.29, 1.82) is 0 Å². The van der Waals surface area contributed by atoms with Crippen molar-refractivity contribution >= 4 is 34.8 Å². The molecule has 0 fully saturated rings. The third-order valence-electron chi connectivity index (χ3n) is 0.594. The zero-order valence-corrected chi connectivity index (χ0v) is 6.64. The molecule has 1 heterocycles. The minimum atomic E-state index is -1.71. The minimum absolute atomic E-state index is 0.824. The molecule has 1 N–H and O–H groups in total. The van der Waals surface area contributed by atoms with Crippen molar-refractivity contribution in [1.82, 2.24) is 10.7 Å². The second-order valence-corrected chi connectivity index (χ2v) is 3.47. The van der Waals surface area contributed by atoms with E-state index in [4.69, 9.17) is 34.8 Å². The van der Waals surface area contributed by atoms with Crippen LogP contribution in [0.25, 0.3) is 0 Å². The summed E-state index contributed by atoms with van der Waals surface area (Å²) in [6.45, 7) is 0. The van der Waals surface area contributed by atoms with Gasteiger partial charge in [0.15, 0.2) is 0 Å². The molecule has 0 aromatic heterocycles. The number of nitrogens with one attached hydrogen (secondary N) is 1. The monoisotopic (exact) mass is 202 g/mol. The standard InChI is InChI=1S/CHCl3N6/c2-1(3,4)10-8-6-5-7-9-10/h(H,5,8,9). The first-order chi connectivity index (χ1) is 4.61. The summed E-state index contributed by atoms with van der Waals surface area (Å²) in [6.07, 6.45) is 0. The Balaban J connectivity index is 2.60. The maximum absolute atomic E-state index is 5.35. The van der Waals surface area contributed by atoms with Crippen molar-refractivity contribution in [3.63, 3.8) is 0 Å². The number of nitrogens with zero attached hydrogens (tertiary/aromatic N) is 5. The fourth-order valence-corrected chi connectivity index (χ4v) is 0.482. The van der Waals surface area contributed by atoms with Crippen molar-refractivity contribution in [2.75, 3.05) is 0 Å². The van der Waals surface area contributed by atoms with E-state index in [1.54, 1.807) is 0 Å². The van der Waals surface area contributed by atoms with Crippen LogP contribution in [-0.4, -0.2) is 9.03 Å². The van der Waals surface area contributed by atoms with Crippen LogP contribution in [0.5, 0.6) is 0 Å². The molecule has 0 spiro atoms. The number of hydrogen-bond donors (Lipinski definition) is 1. The summed E-state index contributed by atoms with van der Waals surface area (Å²) in [4.78, 5) is 0. The molecule has 6 nitrogen and oxygen atoms in total. The topological polar surface area (TPSA) is 64.7 Å². The predicted molar refractivity (Wildman–Crippen MR) is 35.0 cm³/mol. The Bertz CT molecular complexity index is 168. The van der Waals surface area contributed by atoms with Crippen molar-refractivity contribution in [3.05, 3.63) is 0 Å². The van der Waals surface area contributed by atoms with Crippen LogP contribution in [-0.2, 0) is 0 Å². The summed E-state index contributed by atoms with van der Waals surface area (Å²) >= 11 is 16.1. The van der Waals surface area contributed by atoms with Gasteiger partial charge in [0.2, 0.25) is 0 Å². The Labute approximate surface area is 70.7 Å².